The summed E-state index contributed by atoms with van der Waals surface area (Å²) in [6.45, 7) is -0.635. The van der Waals surface area contributed by atoms with Crippen molar-refractivity contribution < 1.29 is 39.3 Å². The van der Waals surface area contributed by atoms with Crippen molar-refractivity contribution in [3.8, 4) is 0 Å². The van der Waals surface area contributed by atoms with Crippen molar-refractivity contribution in [1.29, 1.82) is 0 Å². The largest absolute Gasteiger partial charge is 0.481 e. The van der Waals surface area contributed by atoms with Gasteiger partial charge in [-0.05, 0) is 30.4 Å². The molecule has 0 aromatic heterocycles. The first kappa shape index (κ1) is 29.9. The maximum absolute atomic E-state index is 12.9. The molecule has 1 aromatic carbocycles. The van der Waals surface area contributed by atoms with Crippen LogP contribution in [-0.4, -0.2) is 87.8 Å². The third kappa shape index (κ3) is 11.2. The third-order valence-electron chi connectivity index (χ3n) is 4.95. The van der Waals surface area contributed by atoms with Crippen LogP contribution in [-0.2, 0) is 30.4 Å². The van der Waals surface area contributed by atoms with Crippen LogP contribution in [0, 0.1) is 0 Å². The van der Waals surface area contributed by atoms with Gasteiger partial charge in [0, 0.05) is 12.8 Å². The zero-order valence-electron chi connectivity index (χ0n) is 19.3. The maximum atomic E-state index is 12.9. The fourth-order valence-electron chi connectivity index (χ4n) is 3.00. The molecule has 0 aliphatic rings. The molecule has 35 heavy (non-hydrogen) atoms. The summed E-state index contributed by atoms with van der Waals surface area (Å²) in [5.74, 6) is -4.44. The Hall–Kier alpha value is -3.16. The molecular formula is C22H32N4O8S. The van der Waals surface area contributed by atoms with Gasteiger partial charge < -0.3 is 37.0 Å². The Labute approximate surface area is 207 Å². The lowest BCUT2D eigenvalue weighted by atomic mass is 10.0. The number of carbonyl (C=O) groups excluding carboxylic acids is 3. The van der Waals surface area contributed by atoms with E-state index in [4.69, 9.17) is 15.9 Å². The molecule has 0 heterocycles. The lowest BCUT2D eigenvalue weighted by molar-refractivity contribution is -0.143. The van der Waals surface area contributed by atoms with Gasteiger partial charge in [0.2, 0.25) is 17.7 Å². The number of nitrogens with two attached hydrogens (primary N) is 1. The molecular weight excluding hydrogens is 480 g/mol. The topological polar surface area (TPSA) is 208 Å². The van der Waals surface area contributed by atoms with E-state index in [1.165, 1.54) is 11.8 Å². The number of rotatable bonds is 16. The molecule has 13 heteroatoms. The first-order chi connectivity index (χ1) is 16.6. The predicted octanol–water partition coefficient (Wildman–Crippen LogP) is -1.29. The van der Waals surface area contributed by atoms with E-state index < -0.39 is 66.9 Å². The van der Waals surface area contributed by atoms with Crippen molar-refractivity contribution in [2.24, 2.45) is 5.73 Å². The first-order valence-corrected chi connectivity index (χ1v) is 12.2. The zero-order chi connectivity index (χ0) is 26.4. The molecule has 194 valence electrons. The molecule has 0 radical (unpaired) electrons. The molecule has 0 spiro atoms. The molecule has 0 aliphatic carbocycles. The second kappa shape index (κ2) is 15.7. The van der Waals surface area contributed by atoms with Gasteiger partial charge in [0.05, 0.1) is 6.61 Å². The number of nitrogens with one attached hydrogen (secondary N) is 3. The predicted molar refractivity (Wildman–Crippen MR) is 129 cm³/mol. The second-order valence-electron chi connectivity index (χ2n) is 7.71. The van der Waals surface area contributed by atoms with E-state index in [0.717, 1.165) is 0 Å². The lowest BCUT2D eigenvalue weighted by Gasteiger charge is -2.25. The van der Waals surface area contributed by atoms with Crippen LogP contribution in [0.2, 0.25) is 0 Å². The van der Waals surface area contributed by atoms with Gasteiger partial charge in [0.15, 0.2) is 0 Å². The Bertz CT molecular complexity index is 870. The van der Waals surface area contributed by atoms with Crippen LogP contribution in [0.15, 0.2) is 30.3 Å². The molecule has 0 fully saturated rings. The van der Waals surface area contributed by atoms with Gasteiger partial charge in [-0.1, -0.05) is 30.3 Å². The highest BCUT2D eigenvalue weighted by atomic mass is 32.2. The van der Waals surface area contributed by atoms with Gasteiger partial charge in [-0.2, -0.15) is 11.8 Å². The van der Waals surface area contributed by atoms with Crippen molar-refractivity contribution in [1.82, 2.24) is 16.0 Å². The molecule has 12 nitrogen and oxygen atoms in total. The zero-order valence-corrected chi connectivity index (χ0v) is 20.1. The molecule has 0 aliphatic heterocycles. The van der Waals surface area contributed by atoms with Crippen molar-refractivity contribution in [3.05, 3.63) is 35.9 Å². The average Bonchev–Trinajstić information content (AvgIpc) is 2.83. The van der Waals surface area contributed by atoms with E-state index in [2.05, 4.69) is 16.0 Å². The Morgan fingerprint density at radius 1 is 0.886 bits per heavy atom. The Morgan fingerprint density at radius 2 is 1.43 bits per heavy atom. The minimum atomic E-state index is -1.36. The van der Waals surface area contributed by atoms with Gasteiger partial charge in [-0.15, -0.1) is 0 Å². The van der Waals surface area contributed by atoms with Gasteiger partial charge in [0.25, 0.3) is 0 Å². The summed E-state index contributed by atoms with van der Waals surface area (Å²) in [7, 11) is 0. The Morgan fingerprint density at radius 3 is 1.94 bits per heavy atom. The number of carbonyl (C=O) groups is 5. The molecule has 1 rings (SSSR count). The van der Waals surface area contributed by atoms with Crippen LogP contribution < -0.4 is 21.7 Å². The smallest absolute Gasteiger partial charge is 0.326 e. The number of thioether (sulfide) groups is 1. The van der Waals surface area contributed by atoms with Crippen molar-refractivity contribution >= 4 is 41.4 Å². The molecule has 3 amide bonds. The van der Waals surface area contributed by atoms with Gasteiger partial charge >= 0.3 is 11.9 Å². The van der Waals surface area contributed by atoms with E-state index in [0.29, 0.717) is 11.3 Å². The summed E-state index contributed by atoms with van der Waals surface area (Å²) in [6.07, 6.45) is 1.18. The minimum Gasteiger partial charge on any atom is -0.481 e. The van der Waals surface area contributed by atoms with Crippen LogP contribution in [0.1, 0.15) is 24.8 Å². The summed E-state index contributed by atoms with van der Waals surface area (Å²) in [5.41, 5.74) is 6.15. The van der Waals surface area contributed by atoms with E-state index in [1.807, 2.05) is 0 Å². The van der Waals surface area contributed by atoms with Crippen LogP contribution in [0.25, 0.3) is 0 Å². The number of amides is 3. The third-order valence-corrected chi connectivity index (χ3v) is 5.60. The molecule has 8 N–H and O–H groups in total. The van der Waals surface area contributed by atoms with E-state index in [-0.39, 0.29) is 19.3 Å². The fraction of sp³-hybridized carbons (Fsp3) is 0.500. The molecule has 0 saturated carbocycles. The first-order valence-electron chi connectivity index (χ1n) is 10.8. The highest BCUT2D eigenvalue weighted by Crippen LogP contribution is 2.07. The lowest BCUT2D eigenvalue weighted by Crippen LogP contribution is -2.57. The normalized spacial score (nSPS) is 14.1. The maximum Gasteiger partial charge on any atom is 0.326 e. The second-order valence-corrected chi connectivity index (χ2v) is 8.70. The fourth-order valence-corrected chi connectivity index (χ4v) is 3.47. The van der Waals surface area contributed by atoms with Gasteiger partial charge in [-0.3, -0.25) is 19.2 Å². The molecule has 0 saturated heterocycles. The highest BCUT2D eigenvalue weighted by Gasteiger charge is 2.30. The molecule has 1 aromatic rings. The van der Waals surface area contributed by atoms with Crippen LogP contribution >= 0.6 is 11.8 Å². The highest BCUT2D eigenvalue weighted by molar-refractivity contribution is 7.98. The van der Waals surface area contributed by atoms with Gasteiger partial charge in [-0.25, -0.2) is 4.79 Å². The van der Waals surface area contributed by atoms with Crippen LogP contribution in [0.3, 0.4) is 0 Å². The Balaban J connectivity index is 3.00. The van der Waals surface area contributed by atoms with Crippen molar-refractivity contribution in [3.63, 3.8) is 0 Å². The number of aliphatic hydroxyl groups excluding tert-OH is 1. The molecule has 4 unspecified atom stereocenters. The summed E-state index contributed by atoms with van der Waals surface area (Å²) < 4.78 is 0. The van der Waals surface area contributed by atoms with E-state index in [9.17, 15) is 29.1 Å². The van der Waals surface area contributed by atoms with E-state index >= 15 is 0 Å². The SMILES string of the molecule is CSCCC(NC(=O)C(N)CO)C(=O)NC(CCC(=O)O)C(=O)NC(Cc1ccccc1)C(=O)O. The summed E-state index contributed by atoms with van der Waals surface area (Å²) >= 11 is 1.41. The summed E-state index contributed by atoms with van der Waals surface area (Å²) in [6, 6.07) is 3.56. The molecule has 4 atom stereocenters. The van der Waals surface area contributed by atoms with Crippen LogP contribution in [0.5, 0.6) is 0 Å². The summed E-state index contributed by atoms with van der Waals surface area (Å²) in [4.78, 5) is 60.6. The number of carboxylic acid groups (broad SMARTS) is 2. The van der Waals surface area contributed by atoms with Crippen molar-refractivity contribution in [2.45, 2.75) is 49.9 Å². The molecule has 0 bridgehead atoms. The van der Waals surface area contributed by atoms with Crippen molar-refractivity contribution in [2.75, 3.05) is 18.6 Å². The quantitative estimate of drug-likeness (QED) is 0.139. The number of benzene rings is 1. The average molecular weight is 513 g/mol. The number of aliphatic hydroxyl groups is 1. The minimum absolute atomic E-state index is 0.0209. The number of hydrogen-bond donors (Lipinski definition) is 7. The van der Waals surface area contributed by atoms with E-state index in [1.54, 1.807) is 36.6 Å². The number of hydrogen-bond acceptors (Lipinski definition) is 8. The van der Waals surface area contributed by atoms with Gasteiger partial charge in [0.1, 0.15) is 24.2 Å². The Kier molecular flexibility index (Phi) is 13.4. The van der Waals surface area contributed by atoms with Crippen LogP contribution in [0.4, 0.5) is 0 Å². The standard InChI is InChI=1S/C22H32N4O8S/c1-35-10-9-16(24-19(30)14(23)12-27)21(32)25-15(7-8-18(28)29)20(31)26-17(22(33)34)11-13-5-3-2-4-6-13/h2-6,14-17,27H,7-12,23H2,1H3,(H,24,30)(H,25,32)(H,26,31)(H,28,29)(H,33,34). The number of carboxylic acids is 2. The summed E-state index contributed by atoms with van der Waals surface area (Å²) in [5, 5.41) is 34.8. The number of aliphatic carboxylic acids is 2. The monoisotopic (exact) mass is 512 g/mol.